The quantitative estimate of drug-likeness (QED) is 0.849. The first kappa shape index (κ1) is 11.7. The molecule has 2 rings (SSSR count). The van der Waals surface area contributed by atoms with Crippen LogP contribution in [0.5, 0.6) is 5.75 Å². The standard InChI is InChI=1S/C13H11ClO3/c14-12(13(15)16)8-17-11-6-5-9-3-1-2-4-10(9)7-11/h1-7,12H,8H2,(H,15,16). The lowest BCUT2D eigenvalue weighted by molar-refractivity contribution is -0.137. The maximum absolute atomic E-state index is 10.5. The Morgan fingerprint density at radius 1 is 1.24 bits per heavy atom. The molecule has 0 aromatic heterocycles. The Hall–Kier alpha value is -1.74. The van der Waals surface area contributed by atoms with Gasteiger partial charge in [-0.3, -0.25) is 4.79 Å². The van der Waals surface area contributed by atoms with Crippen molar-refractivity contribution in [3.63, 3.8) is 0 Å². The third kappa shape index (κ3) is 2.88. The highest BCUT2D eigenvalue weighted by Gasteiger charge is 2.14. The summed E-state index contributed by atoms with van der Waals surface area (Å²) in [4.78, 5) is 10.5. The van der Waals surface area contributed by atoms with Crippen molar-refractivity contribution in [2.45, 2.75) is 5.38 Å². The predicted molar refractivity (Wildman–Crippen MR) is 66.7 cm³/mol. The van der Waals surface area contributed by atoms with Gasteiger partial charge in [0, 0.05) is 0 Å². The van der Waals surface area contributed by atoms with Crippen molar-refractivity contribution in [2.24, 2.45) is 0 Å². The lowest BCUT2D eigenvalue weighted by Crippen LogP contribution is -2.21. The van der Waals surface area contributed by atoms with E-state index in [4.69, 9.17) is 21.4 Å². The van der Waals surface area contributed by atoms with Gasteiger partial charge in [-0.05, 0) is 22.9 Å². The van der Waals surface area contributed by atoms with Crippen LogP contribution in [0.1, 0.15) is 0 Å². The highest BCUT2D eigenvalue weighted by atomic mass is 35.5. The van der Waals surface area contributed by atoms with Gasteiger partial charge in [-0.2, -0.15) is 0 Å². The number of ether oxygens (including phenoxy) is 1. The maximum atomic E-state index is 10.5. The van der Waals surface area contributed by atoms with E-state index in [9.17, 15) is 4.79 Å². The van der Waals surface area contributed by atoms with E-state index >= 15 is 0 Å². The molecule has 4 heteroatoms. The zero-order valence-corrected chi connectivity index (χ0v) is 9.72. The first-order valence-corrected chi connectivity index (χ1v) is 5.59. The molecule has 1 atom stereocenters. The van der Waals surface area contributed by atoms with E-state index in [1.54, 1.807) is 6.07 Å². The Bertz CT molecular complexity index is 539. The summed E-state index contributed by atoms with van der Waals surface area (Å²) < 4.78 is 5.32. The van der Waals surface area contributed by atoms with Crippen LogP contribution in [0.15, 0.2) is 42.5 Å². The Balaban J connectivity index is 2.12. The molecule has 88 valence electrons. The Morgan fingerprint density at radius 3 is 2.65 bits per heavy atom. The van der Waals surface area contributed by atoms with Gasteiger partial charge in [-0.25, -0.2) is 0 Å². The van der Waals surface area contributed by atoms with Crippen LogP contribution in [0.2, 0.25) is 0 Å². The van der Waals surface area contributed by atoms with Crippen molar-refractivity contribution in [3.05, 3.63) is 42.5 Å². The highest BCUT2D eigenvalue weighted by molar-refractivity contribution is 6.29. The van der Waals surface area contributed by atoms with Gasteiger partial charge in [-0.15, -0.1) is 11.6 Å². The van der Waals surface area contributed by atoms with Gasteiger partial charge < -0.3 is 9.84 Å². The second-order valence-electron chi connectivity index (χ2n) is 3.63. The van der Waals surface area contributed by atoms with Gasteiger partial charge in [0.2, 0.25) is 0 Å². The molecule has 1 N–H and O–H groups in total. The van der Waals surface area contributed by atoms with Crippen LogP contribution >= 0.6 is 11.6 Å². The zero-order chi connectivity index (χ0) is 12.3. The minimum atomic E-state index is -1.08. The van der Waals surface area contributed by atoms with Crippen LogP contribution in [0.3, 0.4) is 0 Å². The molecule has 1 unspecified atom stereocenters. The maximum Gasteiger partial charge on any atom is 0.325 e. The smallest absolute Gasteiger partial charge is 0.325 e. The average Bonchev–Trinajstić information content (AvgIpc) is 2.35. The third-order valence-corrected chi connectivity index (χ3v) is 2.70. The molecule has 0 spiro atoms. The van der Waals surface area contributed by atoms with Crippen molar-refractivity contribution in [1.82, 2.24) is 0 Å². The number of rotatable bonds is 4. The topological polar surface area (TPSA) is 46.5 Å². The van der Waals surface area contributed by atoms with Crippen LogP contribution in [-0.2, 0) is 4.79 Å². The fourth-order valence-electron chi connectivity index (χ4n) is 1.50. The summed E-state index contributed by atoms with van der Waals surface area (Å²) in [6, 6.07) is 13.5. The Morgan fingerprint density at radius 2 is 1.94 bits per heavy atom. The molecule has 2 aromatic rings. The van der Waals surface area contributed by atoms with Crippen LogP contribution < -0.4 is 4.74 Å². The summed E-state index contributed by atoms with van der Waals surface area (Å²) in [6.07, 6.45) is 0. The number of benzene rings is 2. The fraction of sp³-hybridized carbons (Fsp3) is 0.154. The van der Waals surface area contributed by atoms with Gasteiger partial charge >= 0.3 is 5.97 Å². The van der Waals surface area contributed by atoms with E-state index in [-0.39, 0.29) is 6.61 Å². The number of carboxylic acids is 1. The van der Waals surface area contributed by atoms with Crippen LogP contribution in [0.25, 0.3) is 10.8 Å². The monoisotopic (exact) mass is 250 g/mol. The normalized spacial score (nSPS) is 12.3. The first-order chi connectivity index (χ1) is 8.16. The molecule has 0 aliphatic rings. The molecule has 0 aliphatic heterocycles. The molecule has 0 amide bonds. The Labute approximate surface area is 104 Å². The number of halogens is 1. The number of carbonyl (C=O) groups is 1. The fourth-order valence-corrected chi connectivity index (χ4v) is 1.56. The molecule has 3 nitrogen and oxygen atoms in total. The highest BCUT2D eigenvalue weighted by Crippen LogP contribution is 2.20. The van der Waals surface area contributed by atoms with Crippen molar-refractivity contribution in [2.75, 3.05) is 6.61 Å². The number of hydrogen-bond donors (Lipinski definition) is 1. The van der Waals surface area contributed by atoms with E-state index < -0.39 is 11.3 Å². The van der Waals surface area contributed by atoms with Crippen molar-refractivity contribution in [1.29, 1.82) is 0 Å². The van der Waals surface area contributed by atoms with Gasteiger partial charge in [-0.1, -0.05) is 30.3 Å². The van der Waals surface area contributed by atoms with Crippen molar-refractivity contribution >= 4 is 28.3 Å². The van der Waals surface area contributed by atoms with Crippen molar-refractivity contribution < 1.29 is 14.6 Å². The SMILES string of the molecule is O=C(O)C(Cl)COc1ccc2ccccc2c1. The van der Waals surface area contributed by atoms with E-state index in [1.807, 2.05) is 36.4 Å². The summed E-state index contributed by atoms with van der Waals surface area (Å²) in [5, 5.41) is 9.75. The summed E-state index contributed by atoms with van der Waals surface area (Å²) >= 11 is 5.56. The predicted octanol–water partition coefficient (Wildman–Crippen LogP) is 2.91. The largest absolute Gasteiger partial charge is 0.491 e. The van der Waals surface area contributed by atoms with E-state index in [1.165, 1.54) is 0 Å². The molecule has 0 bridgehead atoms. The first-order valence-electron chi connectivity index (χ1n) is 5.15. The second kappa shape index (κ2) is 5.06. The summed E-state index contributed by atoms with van der Waals surface area (Å²) in [6.45, 7) is -0.0464. The Kier molecular flexibility index (Phi) is 3.49. The number of carboxylic acid groups (broad SMARTS) is 1. The minimum absolute atomic E-state index is 0.0464. The van der Waals surface area contributed by atoms with Gasteiger partial charge in [0.15, 0.2) is 5.38 Å². The van der Waals surface area contributed by atoms with Crippen LogP contribution in [0.4, 0.5) is 0 Å². The summed E-state index contributed by atoms with van der Waals surface area (Å²) in [7, 11) is 0. The van der Waals surface area contributed by atoms with Gasteiger partial charge in [0.05, 0.1) is 0 Å². The lowest BCUT2D eigenvalue weighted by atomic mass is 10.1. The number of hydrogen-bond acceptors (Lipinski definition) is 2. The van der Waals surface area contributed by atoms with E-state index in [0.29, 0.717) is 5.75 Å². The molecule has 2 aromatic carbocycles. The molecule has 0 fully saturated rings. The number of alkyl halides is 1. The summed E-state index contributed by atoms with van der Waals surface area (Å²) in [5.74, 6) is -0.456. The summed E-state index contributed by atoms with van der Waals surface area (Å²) in [5.41, 5.74) is 0. The molecule has 0 saturated carbocycles. The van der Waals surface area contributed by atoms with Crippen LogP contribution in [-0.4, -0.2) is 23.1 Å². The molecular weight excluding hydrogens is 240 g/mol. The molecule has 0 saturated heterocycles. The lowest BCUT2D eigenvalue weighted by Gasteiger charge is -2.08. The molecular formula is C13H11ClO3. The van der Waals surface area contributed by atoms with E-state index in [2.05, 4.69) is 0 Å². The average molecular weight is 251 g/mol. The minimum Gasteiger partial charge on any atom is -0.491 e. The van der Waals surface area contributed by atoms with Crippen molar-refractivity contribution in [3.8, 4) is 5.75 Å². The number of fused-ring (bicyclic) bond motifs is 1. The van der Waals surface area contributed by atoms with Gasteiger partial charge in [0.1, 0.15) is 12.4 Å². The van der Waals surface area contributed by atoms with Gasteiger partial charge in [0.25, 0.3) is 0 Å². The zero-order valence-electron chi connectivity index (χ0n) is 8.97. The van der Waals surface area contributed by atoms with E-state index in [0.717, 1.165) is 10.8 Å². The van der Waals surface area contributed by atoms with Crippen LogP contribution in [0, 0.1) is 0 Å². The number of aliphatic carboxylic acids is 1. The molecule has 0 heterocycles. The molecule has 0 radical (unpaired) electrons. The third-order valence-electron chi connectivity index (χ3n) is 2.39. The molecule has 17 heavy (non-hydrogen) atoms. The second-order valence-corrected chi connectivity index (χ2v) is 4.15. The molecule has 0 aliphatic carbocycles.